The first-order valence-electron chi connectivity index (χ1n) is 9.16. The number of anilines is 1. The van der Waals surface area contributed by atoms with E-state index in [1.165, 1.54) is 10.2 Å². The van der Waals surface area contributed by atoms with Gasteiger partial charge in [-0.2, -0.15) is 4.57 Å². The maximum atomic E-state index is 11.0. The van der Waals surface area contributed by atoms with Crippen LogP contribution in [0.25, 0.3) is 16.3 Å². The third kappa shape index (κ3) is 4.56. The lowest BCUT2D eigenvalue weighted by Crippen LogP contribution is -2.28. The van der Waals surface area contributed by atoms with Crippen molar-refractivity contribution in [1.82, 2.24) is 0 Å². The van der Waals surface area contributed by atoms with Gasteiger partial charge in [-0.3, -0.25) is 0 Å². The Morgan fingerprint density at radius 1 is 1.14 bits per heavy atom. The minimum Gasteiger partial charge on any atom is -0.748 e. The van der Waals surface area contributed by atoms with Crippen molar-refractivity contribution in [3.63, 3.8) is 0 Å². The van der Waals surface area contributed by atoms with Crippen molar-refractivity contribution in [2.75, 3.05) is 17.2 Å². The molecule has 0 bridgehead atoms. The molecule has 1 aliphatic heterocycles. The average molecular weight is 445 g/mol. The normalized spacial score (nSPS) is 15.7. The van der Waals surface area contributed by atoms with Crippen molar-refractivity contribution >= 4 is 55.2 Å². The van der Waals surface area contributed by atoms with Gasteiger partial charge in [0.2, 0.25) is 5.52 Å². The van der Waals surface area contributed by atoms with Gasteiger partial charge in [0, 0.05) is 29.3 Å². The third-order valence-electron chi connectivity index (χ3n) is 4.66. The fraction of sp³-hybridized carbons (Fsp3) is 0.190. The number of para-hydroxylation sites is 2. The Bertz CT molecular complexity index is 1210. The summed E-state index contributed by atoms with van der Waals surface area (Å²) in [4.78, 5) is 3.21. The predicted octanol–water partition coefficient (Wildman–Crippen LogP) is 4.13. The van der Waals surface area contributed by atoms with Gasteiger partial charge < -0.3 is 9.45 Å². The summed E-state index contributed by atoms with van der Waals surface area (Å²) in [5.74, 6) is -0.350. The first-order chi connectivity index (χ1) is 13.9. The molecule has 0 radical (unpaired) electrons. The van der Waals surface area contributed by atoms with E-state index in [4.69, 9.17) is 0 Å². The van der Waals surface area contributed by atoms with Crippen LogP contribution in [0.5, 0.6) is 0 Å². The average Bonchev–Trinajstić information content (AvgIpc) is 3.19. The molecule has 0 saturated heterocycles. The minimum atomic E-state index is -4.20. The van der Waals surface area contributed by atoms with Crippen LogP contribution in [-0.4, -0.2) is 25.3 Å². The predicted molar refractivity (Wildman–Crippen MR) is 119 cm³/mol. The summed E-state index contributed by atoms with van der Waals surface area (Å²) in [5.41, 5.74) is 2.25. The summed E-state index contributed by atoms with van der Waals surface area (Å²) in [6.07, 6.45) is 6.45. The van der Waals surface area contributed by atoms with Crippen molar-refractivity contribution in [2.45, 2.75) is 11.3 Å². The molecule has 3 aromatic rings. The Morgan fingerprint density at radius 3 is 2.69 bits per heavy atom. The number of allylic oxidation sites excluding steroid dienone is 2. The molecule has 0 unspecified atom stereocenters. The molecule has 4 rings (SSSR count). The van der Waals surface area contributed by atoms with E-state index in [0.717, 1.165) is 20.6 Å². The van der Waals surface area contributed by atoms with E-state index in [-0.39, 0.29) is 5.75 Å². The zero-order valence-corrected chi connectivity index (χ0v) is 18.3. The van der Waals surface area contributed by atoms with Gasteiger partial charge in [0.1, 0.15) is 11.7 Å². The van der Waals surface area contributed by atoms with Gasteiger partial charge >= 0.3 is 0 Å². The highest BCUT2D eigenvalue weighted by Crippen LogP contribution is 2.45. The first-order valence-corrected chi connectivity index (χ1v) is 12.4. The molecule has 1 aliphatic rings. The van der Waals surface area contributed by atoms with Gasteiger partial charge in [0.05, 0.1) is 20.8 Å². The standard InChI is InChI=1S/C21H20N2O3S3/c1-22-16-8-2-4-10-18(16)27-20(22)12-6-13-21-23(14-7-15-29(24,25)26)17-9-3-5-11-19(17)28-21/h2-6,8-13H,7,14-15H2,1H3. The fourth-order valence-electron chi connectivity index (χ4n) is 3.29. The Morgan fingerprint density at radius 2 is 1.90 bits per heavy atom. The number of thioether (sulfide) groups is 1. The second-order valence-corrected chi connectivity index (χ2v) is 10.3. The molecule has 8 heteroatoms. The van der Waals surface area contributed by atoms with E-state index < -0.39 is 10.1 Å². The molecule has 0 aliphatic carbocycles. The van der Waals surface area contributed by atoms with Crippen molar-refractivity contribution in [1.29, 1.82) is 0 Å². The van der Waals surface area contributed by atoms with E-state index in [2.05, 4.69) is 34.7 Å². The number of fused-ring (bicyclic) bond motifs is 2. The van der Waals surface area contributed by atoms with Gasteiger partial charge in [0.15, 0.2) is 0 Å². The molecule has 29 heavy (non-hydrogen) atoms. The summed E-state index contributed by atoms with van der Waals surface area (Å²) >= 11 is 3.39. The van der Waals surface area contributed by atoms with E-state index in [1.54, 1.807) is 23.1 Å². The number of rotatable bonds is 6. The molecule has 2 aromatic carbocycles. The zero-order valence-electron chi connectivity index (χ0n) is 15.8. The minimum absolute atomic E-state index is 0.299. The van der Waals surface area contributed by atoms with Crippen LogP contribution in [-0.2, 0) is 17.2 Å². The van der Waals surface area contributed by atoms with Crippen molar-refractivity contribution in [2.24, 2.45) is 7.05 Å². The highest BCUT2D eigenvalue weighted by molar-refractivity contribution is 8.03. The number of aryl methyl sites for hydroxylation is 1. The highest BCUT2D eigenvalue weighted by Gasteiger charge is 2.24. The van der Waals surface area contributed by atoms with Crippen molar-refractivity contribution < 1.29 is 17.5 Å². The van der Waals surface area contributed by atoms with E-state index in [9.17, 15) is 13.0 Å². The van der Waals surface area contributed by atoms with Gasteiger partial charge in [-0.25, -0.2) is 8.42 Å². The van der Waals surface area contributed by atoms with Crippen LogP contribution >= 0.6 is 23.1 Å². The Hall–Kier alpha value is -2.13. The molecular weight excluding hydrogens is 424 g/mol. The Labute approximate surface area is 178 Å². The number of hydrogen-bond donors (Lipinski definition) is 0. The molecule has 0 atom stereocenters. The van der Waals surface area contributed by atoms with Gasteiger partial charge in [-0.15, -0.1) is 0 Å². The maximum absolute atomic E-state index is 11.0. The quantitative estimate of drug-likeness (QED) is 0.423. The highest BCUT2D eigenvalue weighted by atomic mass is 32.2. The maximum Gasteiger partial charge on any atom is 0.262 e. The second kappa shape index (κ2) is 8.31. The molecule has 0 spiro atoms. The Kier molecular flexibility index (Phi) is 5.78. The van der Waals surface area contributed by atoms with Crippen LogP contribution < -0.4 is 9.47 Å². The Balaban J connectivity index is 1.57. The molecule has 0 N–H and O–H groups in total. The van der Waals surface area contributed by atoms with Crippen LogP contribution in [0, 0.1) is 0 Å². The monoisotopic (exact) mass is 444 g/mol. The summed E-state index contributed by atoms with van der Waals surface area (Å²) in [7, 11) is -2.14. The van der Waals surface area contributed by atoms with Gasteiger partial charge in [0.25, 0.3) is 5.01 Å². The number of nitrogens with zero attached hydrogens (tertiary/aromatic N) is 2. The van der Waals surface area contributed by atoms with Crippen LogP contribution in [0.1, 0.15) is 11.4 Å². The molecule has 1 aromatic heterocycles. The molecule has 5 nitrogen and oxygen atoms in total. The summed E-state index contributed by atoms with van der Waals surface area (Å²) in [5, 5.41) is 2.17. The van der Waals surface area contributed by atoms with Crippen molar-refractivity contribution in [3.05, 3.63) is 70.7 Å². The van der Waals surface area contributed by atoms with Gasteiger partial charge in [-0.05, 0) is 30.7 Å². The lowest BCUT2D eigenvalue weighted by molar-refractivity contribution is -0.642. The molecule has 0 fully saturated rings. The molecule has 150 valence electrons. The topological polar surface area (TPSA) is 64.3 Å². The van der Waals surface area contributed by atoms with Crippen LogP contribution in [0.3, 0.4) is 0 Å². The van der Waals surface area contributed by atoms with Crippen LogP contribution in [0.4, 0.5) is 5.69 Å². The molecule has 0 saturated carbocycles. The van der Waals surface area contributed by atoms with E-state index in [0.29, 0.717) is 13.0 Å². The number of hydrogen-bond acceptors (Lipinski definition) is 6. The summed E-state index contributed by atoms with van der Waals surface area (Å²) in [6.45, 7) is 0.488. The van der Waals surface area contributed by atoms with E-state index >= 15 is 0 Å². The smallest absolute Gasteiger partial charge is 0.262 e. The molecule has 2 heterocycles. The summed E-state index contributed by atoms with van der Waals surface area (Å²) < 4.78 is 36.3. The molecule has 0 amide bonds. The van der Waals surface area contributed by atoms with Crippen molar-refractivity contribution in [3.8, 4) is 0 Å². The zero-order chi connectivity index (χ0) is 20.4. The lowest BCUT2D eigenvalue weighted by Gasteiger charge is -2.20. The fourth-order valence-corrected chi connectivity index (χ4v) is 5.93. The van der Waals surface area contributed by atoms with Crippen LogP contribution in [0.2, 0.25) is 0 Å². The van der Waals surface area contributed by atoms with E-state index in [1.807, 2.05) is 48.6 Å². The first kappa shape index (κ1) is 20.2. The SMILES string of the molecule is C[n+]1c(/C=C/C=C2\Sc3ccccc3N2CCCS(=O)(=O)[O-])sc2ccccc21. The number of thiazole rings is 1. The van der Waals surface area contributed by atoms with Gasteiger partial charge in [-0.1, -0.05) is 53.4 Å². The second-order valence-electron chi connectivity index (χ2n) is 6.67. The summed E-state index contributed by atoms with van der Waals surface area (Å²) in [6, 6.07) is 16.3. The largest absolute Gasteiger partial charge is 0.748 e. The number of benzene rings is 2. The lowest BCUT2D eigenvalue weighted by atomic mass is 10.3. The number of aromatic nitrogens is 1. The van der Waals surface area contributed by atoms with Crippen LogP contribution in [0.15, 0.2) is 70.6 Å². The third-order valence-corrected chi connectivity index (χ3v) is 7.77. The molecular formula is C21H20N2O3S3.